The molecule has 0 spiro atoms. The van der Waals surface area contributed by atoms with Gasteiger partial charge in [0.15, 0.2) is 0 Å². The quantitative estimate of drug-likeness (QED) is 0.550. The molecule has 0 bridgehead atoms. The Hall–Kier alpha value is -2.63. The van der Waals surface area contributed by atoms with E-state index >= 15 is 0 Å². The van der Waals surface area contributed by atoms with Crippen LogP contribution >= 0.6 is 0 Å². The van der Waals surface area contributed by atoms with Gasteiger partial charge in [-0.3, -0.25) is 0 Å². The molecule has 0 amide bonds. The smallest absolute Gasteiger partial charge is 0.127 e. The highest BCUT2D eigenvalue weighted by atomic mass is 16.5. The molecule has 5 heteroatoms. The highest BCUT2D eigenvalue weighted by Gasteiger charge is 2.01. The van der Waals surface area contributed by atoms with Crippen molar-refractivity contribution in [3.63, 3.8) is 0 Å². The predicted molar refractivity (Wildman–Crippen MR) is 104 cm³/mol. The van der Waals surface area contributed by atoms with E-state index in [1.165, 1.54) is 5.56 Å². The van der Waals surface area contributed by atoms with Crippen LogP contribution in [0.25, 0.3) is 0 Å². The zero-order valence-corrected chi connectivity index (χ0v) is 15.0. The van der Waals surface area contributed by atoms with Crippen LogP contribution in [0.2, 0.25) is 0 Å². The molecule has 1 aromatic heterocycles. The molecular weight excluding hydrogens is 324 g/mol. The van der Waals surface area contributed by atoms with Gasteiger partial charge in [0, 0.05) is 18.8 Å². The zero-order valence-electron chi connectivity index (χ0n) is 15.0. The molecule has 3 rings (SSSR count). The third-order valence-electron chi connectivity index (χ3n) is 4.22. The van der Waals surface area contributed by atoms with Crippen molar-refractivity contribution in [2.45, 2.75) is 25.9 Å². The van der Waals surface area contributed by atoms with E-state index in [1.54, 1.807) is 6.20 Å². The Balaban J connectivity index is 1.38. The molecule has 0 unspecified atom stereocenters. The standard InChI is InChI=1S/C21H26N4O/c22-17-25-15-14-24-21(25)10-5-12-23-13-11-18-6-4-9-20(16-18)26-19-7-2-1-3-8-19/h1-4,6-9,14-16,23H,5,10-13,17,22H2. The summed E-state index contributed by atoms with van der Waals surface area (Å²) in [4.78, 5) is 4.34. The molecule has 0 saturated heterocycles. The van der Waals surface area contributed by atoms with Gasteiger partial charge in [0.1, 0.15) is 17.3 Å². The number of nitrogens with one attached hydrogen (secondary N) is 1. The van der Waals surface area contributed by atoms with E-state index < -0.39 is 0 Å². The van der Waals surface area contributed by atoms with Gasteiger partial charge in [0.25, 0.3) is 0 Å². The van der Waals surface area contributed by atoms with Gasteiger partial charge in [0.2, 0.25) is 0 Å². The average Bonchev–Trinajstić information content (AvgIpc) is 3.13. The second kappa shape index (κ2) is 9.75. The van der Waals surface area contributed by atoms with Crippen LogP contribution in [0, 0.1) is 0 Å². The average molecular weight is 350 g/mol. The molecule has 1 heterocycles. The monoisotopic (exact) mass is 350 g/mol. The molecule has 2 aromatic carbocycles. The molecule has 5 nitrogen and oxygen atoms in total. The van der Waals surface area contributed by atoms with Crippen molar-refractivity contribution in [3.05, 3.63) is 78.4 Å². The van der Waals surface area contributed by atoms with Crippen molar-refractivity contribution in [2.24, 2.45) is 5.73 Å². The molecule has 136 valence electrons. The van der Waals surface area contributed by atoms with Crippen molar-refractivity contribution < 1.29 is 4.74 Å². The molecule has 0 atom stereocenters. The fraction of sp³-hybridized carbons (Fsp3) is 0.286. The molecule has 0 saturated carbocycles. The minimum Gasteiger partial charge on any atom is -0.457 e. The first-order valence-electron chi connectivity index (χ1n) is 9.08. The third kappa shape index (κ3) is 5.44. The molecule has 3 N–H and O–H groups in total. The van der Waals surface area contributed by atoms with Gasteiger partial charge < -0.3 is 20.4 Å². The summed E-state index contributed by atoms with van der Waals surface area (Å²) in [5.74, 6) is 2.79. The lowest BCUT2D eigenvalue weighted by atomic mass is 10.1. The van der Waals surface area contributed by atoms with Crippen LogP contribution in [0.1, 0.15) is 17.8 Å². The van der Waals surface area contributed by atoms with Gasteiger partial charge in [-0.1, -0.05) is 30.3 Å². The van der Waals surface area contributed by atoms with E-state index in [1.807, 2.05) is 53.2 Å². The van der Waals surface area contributed by atoms with Crippen LogP contribution in [-0.4, -0.2) is 22.6 Å². The van der Waals surface area contributed by atoms with Crippen LogP contribution in [0.15, 0.2) is 67.0 Å². The Morgan fingerprint density at radius 2 is 1.81 bits per heavy atom. The minimum atomic E-state index is 0.490. The second-order valence-corrected chi connectivity index (χ2v) is 6.16. The molecule has 0 aliphatic heterocycles. The maximum atomic E-state index is 5.89. The molecule has 0 fully saturated rings. The summed E-state index contributed by atoms with van der Waals surface area (Å²) in [6.07, 6.45) is 6.70. The summed E-state index contributed by atoms with van der Waals surface area (Å²) < 4.78 is 7.87. The SMILES string of the molecule is NCn1ccnc1CCCNCCc1cccc(Oc2ccccc2)c1. The highest BCUT2D eigenvalue weighted by Crippen LogP contribution is 2.21. The van der Waals surface area contributed by atoms with Crippen LogP contribution in [-0.2, 0) is 19.5 Å². The Kier molecular flexibility index (Phi) is 6.81. The van der Waals surface area contributed by atoms with Crippen molar-refractivity contribution in [2.75, 3.05) is 13.1 Å². The molecule has 0 aliphatic rings. The van der Waals surface area contributed by atoms with Crippen molar-refractivity contribution in [3.8, 4) is 11.5 Å². The van der Waals surface area contributed by atoms with E-state index in [0.29, 0.717) is 6.67 Å². The molecule has 0 radical (unpaired) electrons. The van der Waals surface area contributed by atoms with Crippen LogP contribution in [0.5, 0.6) is 11.5 Å². The molecule has 0 aliphatic carbocycles. The predicted octanol–water partition coefficient (Wildman–Crippen LogP) is 3.36. The first kappa shape index (κ1) is 18.2. The van der Waals surface area contributed by atoms with E-state index in [4.69, 9.17) is 10.5 Å². The number of nitrogens with zero attached hydrogens (tertiary/aromatic N) is 2. The van der Waals surface area contributed by atoms with E-state index in [0.717, 1.165) is 49.7 Å². The first-order chi connectivity index (χ1) is 12.8. The summed E-state index contributed by atoms with van der Waals surface area (Å²) in [5, 5.41) is 3.49. The van der Waals surface area contributed by atoms with Gasteiger partial charge in [-0.2, -0.15) is 0 Å². The topological polar surface area (TPSA) is 65.1 Å². The molecule has 3 aromatic rings. The van der Waals surface area contributed by atoms with Gasteiger partial charge in [-0.05, 0) is 55.8 Å². The van der Waals surface area contributed by atoms with Gasteiger partial charge in [-0.25, -0.2) is 4.98 Å². The maximum Gasteiger partial charge on any atom is 0.127 e. The highest BCUT2D eigenvalue weighted by molar-refractivity contribution is 5.33. The Bertz CT molecular complexity index is 785. The number of imidazole rings is 1. The van der Waals surface area contributed by atoms with Gasteiger partial charge >= 0.3 is 0 Å². The number of benzene rings is 2. The van der Waals surface area contributed by atoms with Crippen molar-refractivity contribution in [1.29, 1.82) is 0 Å². The summed E-state index contributed by atoms with van der Waals surface area (Å²) in [7, 11) is 0. The Morgan fingerprint density at radius 1 is 0.962 bits per heavy atom. The number of hydrogen-bond donors (Lipinski definition) is 2. The minimum absolute atomic E-state index is 0.490. The number of nitrogens with two attached hydrogens (primary N) is 1. The zero-order chi connectivity index (χ0) is 18.0. The number of rotatable bonds is 10. The van der Waals surface area contributed by atoms with E-state index in [9.17, 15) is 0 Å². The third-order valence-corrected chi connectivity index (χ3v) is 4.22. The van der Waals surface area contributed by atoms with Crippen LogP contribution in [0.3, 0.4) is 0 Å². The maximum absolute atomic E-state index is 5.89. The van der Waals surface area contributed by atoms with Gasteiger partial charge in [0.05, 0.1) is 6.67 Å². The lowest BCUT2D eigenvalue weighted by molar-refractivity contribution is 0.482. The fourth-order valence-corrected chi connectivity index (χ4v) is 2.85. The van der Waals surface area contributed by atoms with Crippen LogP contribution < -0.4 is 15.8 Å². The lowest BCUT2D eigenvalue weighted by Gasteiger charge is -2.09. The van der Waals surface area contributed by atoms with Crippen LogP contribution in [0.4, 0.5) is 0 Å². The molecule has 26 heavy (non-hydrogen) atoms. The largest absolute Gasteiger partial charge is 0.457 e. The van der Waals surface area contributed by atoms with E-state index in [2.05, 4.69) is 22.4 Å². The second-order valence-electron chi connectivity index (χ2n) is 6.16. The van der Waals surface area contributed by atoms with Gasteiger partial charge in [-0.15, -0.1) is 0 Å². The lowest BCUT2D eigenvalue weighted by Crippen LogP contribution is -2.19. The van der Waals surface area contributed by atoms with Crippen molar-refractivity contribution >= 4 is 0 Å². The summed E-state index contributed by atoms with van der Waals surface area (Å²) in [6, 6.07) is 18.1. The number of aryl methyl sites for hydroxylation is 1. The van der Waals surface area contributed by atoms with Crippen molar-refractivity contribution in [1.82, 2.24) is 14.9 Å². The summed E-state index contributed by atoms with van der Waals surface area (Å²) >= 11 is 0. The summed E-state index contributed by atoms with van der Waals surface area (Å²) in [6.45, 7) is 2.40. The number of aromatic nitrogens is 2. The Morgan fingerprint density at radius 3 is 2.65 bits per heavy atom. The number of hydrogen-bond acceptors (Lipinski definition) is 4. The summed E-state index contributed by atoms with van der Waals surface area (Å²) in [5.41, 5.74) is 6.94. The fourth-order valence-electron chi connectivity index (χ4n) is 2.85. The Labute approximate surface area is 154 Å². The van der Waals surface area contributed by atoms with E-state index in [-0.39, 0.29) is 0 Å². The first-order valence-corrected chi connectivity index (χ1v) is 9.08. The normalized spacial score (nSPS) is 10.8. The number of para-hydroxylation sites is 1. The molecular formula is C21H26N4O. The number of ether oxygens (including phenoxy) is 1.